The van der Waals surface area contributed by atoms with Crippen molar-refractivity contribution in [2.45, 2.75) is 92.1 Å². The molecule has 3 aromatic heterocycles. The van der Waals surface area contributed by atoms with Crippen LogP contribution in [-0.2, 0) is 44.1 Å². The average molecular weight is 650 g/mol. The fourth-order valence-electron chi connectivity index (χ4n) is 4.45. The first kappa shape index (κ1) is 34.1. The fraction of sp³-hybridized carbons (Fsp3) is 0.483. The van der Waals surface area contributed by atoms with Crippen LogP contribution in [0.25, 0.3) is 22.6 Å². The second kappa shape index (κ2) is 12.5. The number of benzene rings is 1. The smallest absolute Gasteiger partial charge is 0.293 e. The third-order valence-corrected chi connectivity index (χ3v) is 7.99. The van der Waals surface area contributed by atoms with Gasteiger partial charge < -0.3 is 0 Å². The molecule has 0 saturated heterocycles. The molecule has 0 bridgehead atoms. The third-order valence-electron chi connectivity index (χ3n) is 6.02. The SMILES string of the molecule is CCCn1c(C#N)nc2nc(-c3cnn(Cc4cccc(C(F)(F)F)c4)c3)n(COP(=O)(OC(C)(C)C)OC(C)(C)C)c2c1=O. The molecule has 0 N–H and O–H groups in total. The maximum absolute atomic E-state index is 13.8. The van der Waals surface area contributed by atoms with E-state index in [0.29, 0.717) is 17.5 Å². The van der Waals surface area contributed by atoms with Gasteiger partial charge in [0, 0.05) is 12.7 Å². The lowest BCUT2D eigenvalue weighted by Gasteiger charge is -2.31. The number of hydrogen-bond donors (Lipinski definition) is 0. The Hall–Kier alpha value is -3.83. The van der Waals surface area contributed by atoms with Crippen molar-refractivity contribution < 1.29 is 31.3 Å². The van der Waals surface area contributed by atoms with Crippen LogP contribution in [-0.4, -0.2) is 40.1 Å². The highest BCUT2D eigenvalue weighted by Gasteiger charge is 2.38. The summed E-state index contributed by atoms with van der Waals surface area (Å²) < 4.78 is 74.8. The van der Waals surface area contributed by atoms with E-state index >= 15 is 0 Å². The molecule has 3 heterocycles. The summed E-state index contributed by atoms with van der Waals surface area (Å²) >= 11 is 0. The second-order valence-electron chi connectivity index (χ2n) is 12.3. The van der Waals surface area contributed by atoms with E-state index in [4.69, 9.17) is 13.6 Å². The van der Waals surface area contributed by atoms with Crippen molar-refractivity contribution in [2.75, 3.05) is 0 Å². The first-order chi connectivity index (χ1) is 20.8. The number of phosphoric acid groups is 1. The van der Waals surface area contributed by atoms with E-state index in [0.717, 1.165) is 12.1 Å². The number of nitriles is 1. The van der Waals surface area contributed by atoms with Gasteiger partial charge in [-0.05, 0) is 65.7 Å². The van der Waals surface area contributed by atoms with Crippen LogP contribution in [0.2, 0.25) is 0 Å². The lowest BCUT2D eigenvalue weighted by molar-refractivity contribution is -0.137. The lowest BCUT2D eigenvalue weighted by atomic mass is 10.1. The second-order valence-corrected chi connectivity index (χ2v) is 13.8. The van der Waals surface area contributed by atoms with Crippen LogP contribution >= 0.6 is 7.82 Å². The Labute approximate surface area is 258 Å². The van der Waals surface area contributed by atoms with E-state index in [-0.39, 0.29) is 35.9 Å². The number of fused-ring (bicyclic) bond motifs is 1. The number of phosphoric ester groups is 1. The minimum Gasteiger partial charge on any atom is -0.293 e. The molecule has 4 rings (SSSR count). The molecule has 0 atom stereocenters. The Morgan fingerprint density at radius 2 is 1.69 bits per heavy atom. The number of alkyl halides is 3. The third kappa shape index (κ3) is 8.26. The van der Waals surface area contributed by atoms with E-state index in [1.54, 1.807) is 47.6 Å². The molecule has 45 heavy (non-hydrogen) atoms. The van der Waals surface area contributed by atoms with Gasteiger partial charge in [-0.3, -0.25) is 32.2 Å². The van der Waals surface area contributed by atoms with Crippen LogP contribution in [0.15, 0.2) is 41.5 Å². The Morgan fingerprint density at radius 1 is 1.02 bits per heavy atom. The van der Waals surface area contributed by atoms with Crippen molar-refractivity contribution in [3.63, 3.8) is 0 Å². The minimum atomic E-state index is -4.50. The summed E-state index contributed by atoms with van der Waals surface area (Å²) in [5.74, 6) is -0.00869. The summed E-state index contributed by atoms with van der Waals surface area (Å²) in [4.78, 5) is 22.5. The summed E-state index contributed by atoms with van der Waals surface area (Å²) in [5, 5.41) is 14.0. The van der Waals surface area contributed by atoms with E-state index in [2.05, 4.69) is 15.1 Å². The number of hydrogen-bond acceptors (Lipinski definition) is 9. The molecule has 16 heteroatoms. The van der Waals surface area contributed by atoms with Gasteiger partial charge in [-0.15, -0.1) is 0 Å². The monoisotopic (exact) mass is 649 g/mol. The predicted molar refractivity (Wildman–Crippen MR) is 159 cm³/mol. The van der Waals surface area contributed by atoms with E-state index < -0.39 is 43.1 Å². The van der Waals surface area contributed by atoms with Crippen LogP contribution in [0.4, 0.5) is 13.2 Å². The highest BCUT2D eigenvalue weighted by Crippen LogP contribution is 2.55. The first-order valence-electron chi connectivity index (χ1n) is 14.1. The molecular formula is C29H35F3N7O5P. The van der Waals surface area contributed by atoms with Crippen molar-refractivity contribution in [1.29, 1.82) is 5.26 Å². The molecule has 0 radical (unpaired) electrons. The minimum absolute atomic E-state index is 0.00876. The summed E-state index contributed by atoms with van der Waals surface area (Å²) in [7, 11) is -4.25. The molecule has 0 aliphatic heterocycles. The quantitative estimate of drug-likeness (QED) is 0.176. The molecule has 0 spiro atoms. The zero-order valence-corrected chi connectivity index (χ0v) is 26.9. The molecule has 0 amide bonds. The molecule has 0 fully saturated rings. The number of aromatic nitrogens is 6. The lowest BCUT2D eigenvalue weighted by Crippen LogP contribution is -2.27. The van der Waals surface area contributed by atoms with Crippen molar-refractivity contribution in [3.8, 4) is 17.5 Å². The van der Waals surface area contributed by atoms with Crippen molar-refractivity contribution in [1.82, 2.24) is 28.9 Å². The zero-order chi connectivity index (χ0) is 33.4. The average Bonchev–Trinajstić information content (AvgIpc) is 3.51. The molecule has 1 aromatic carbocycles. The van der Waals surface area contributed by atoms with Gasteiger partial charge in [0.1, 0.15) is 18.6 Å². The molecule has 0 aliphatic carbocycles. The van der Waals surface area contributed by atoms with Gasteiger partial charge in [0.25, 0.3) is 5.56 Å². The largest absolute Gasteiger partial charge is 0.477 e. The predicted octanol–water partition coefficient (Wildman–Crippen LogP) is 6.52. The van der Waals surface area contributed by atoms with Gasteiger partial charge in [-0.2, -0.15) is 28.5 Å². The molecule has 242 valence electrons. The number of imidazole rings is 1. The van der Waals surface area contributed by atoms with Crippen LogP contribution in [0.1, 0.15) is 71.8 Å². The molecular weight excluding hydrogens is 614 g/mol. The van der Waals surface area contributed by atoms with Gasteiger partial charge in [0.15, 0.2) is 11.2 Å². The van der Waals surface area contributed by atoms with Crippen molar-refractivity contribution >= 4 is 19.0 Å². The van der Waals surface area contributed by atoms with Gasteiger partial charge in [0.2, 0.25) is 5.82 Å². The standard InChI is InChI=1S/C29H35F3N7O5P/c1-8-12-38-22(14-33)35-24-23(26(38)40)39(18-42-45(41,43-27(2,3)4)44-28(5,6)7)25(36-24)20-15-34-37(17-20)16-19-10-9-11-21(13-19)29(30,31)32/h9-11,13,15,17H,8,12,16,18H2,1-7H3. The molecule has 4 aromatic rings. The van der Waals surface area contributed by atoms with Gasteiger partial charge in [0.05, 0.1) is 35.1 Å². The molecule has 0 saturated carbocycles. The molecule has 0 unspecified atom stereocenters. The highest BCUT2D eigenvalue weighted by atomic mass is 31.2. The van der Waals surface area contributed by atoms with E-state index in [1.165, 1.54) is 32.3 Å². The normalized spacial score (nSPS) is 13.0. The summed E-state index contributed by atoms with van der Waals surface area (Å²) in [6.45, 7) is 11.6. The van der Waals surface area contributed by atoms with Crippen molar-refractivity contribution in [3.05, 3.63) is 64.0 Å². The van der Waals surface area contributed by atoms with Crippen LogP contribution < -0.4 is 5.56 Å². The maximum atomic E-state index is 13.8. The van der Waals surface area contributed by atoms with Gasteiger partial charge >= 0.3 is 14.0 Å². The topological polar surface area (TPSA) is 139 Å². The van der Waals surface area contributed by atoms with E-state index in [1.807, 2.05) is 13.0 Å². The Bertz CT molecular complexity index is 1820. The number of halogens is 3. The Morgan fingerprint density at radius 3 is 2.27 bits per heavy atom. The number of rotatable bonds is 10. The number of nitrogens with zero attached hydrogens (tertiary/aromatic N) is 7. The van der Waals surface area contributed by atoms with Gasteiger partial charge in [-0.1, -0.05) is 19.1 Å². The Balaban J connectivity index is 1.82. The Kier molecular flexibility index (Phi) is 9.47. The summed E-state index contributed by atoms with van der Waals surface area (Å²) in [6.07, 6.45) is -1.01. The van der Waals surface area contributed by atoms with E-state index in [9.17, 15) is 27.8 Å². The maximum Gasteiger partial charge on any atom is 0.477 e. The van der Waals surface area contributed by atoms with Crippen molar-refractivity contribution in [2.24, 2.45) is 0 Å². The fourth-order valence-corrected chi connectivity index (χ4v) is 6.19. The zero-order valence-electron chi connectivity index (χ0n) is 26.0. The van der Waals surface area contributed by atoms with Crippen LogP contribution in [0, 0.1) is 11.3 Å². The van der Waals surface area contributed by atoms with Gasteiger partial charge in [-0.25, -0.2) is 9.55 Å². The molecule has 12 nitrogen and oxygen atoms in total. The van der Waals surface area contributed by atoms with Crippen LogP contribution in [0.3, 0.4) is 0 Å². The first-order valence-corrected chi connectivity index (χ1v) is 15.5. The molecule has 0 aliphatic rings. The van der Waals surface area contributed by atoms with Crippen LogP contribution in [0.5, 0.6) is 0 Å². The summed E-state index contributed by atoms with van der Waals surface area (Å²) in [6, 6.07) is 6.81. The highest BCUT2D eigenvalue weighted by molar-refractivity contribution is 7.48. The summed E-state index contributed by atoms with van der Waals surface area (Å²) in [5.41, 5.74) is -2.58.